The zero-order chi connectivity index (χ0) is 26.0. The predicted octanol–water partition coefficient (Wildman–Crippen LogP) is 1.45. The molecule has 2 rings (SSSR count). The van der Waals surface area contributed by atoms with Gasteiger partial charge in [0.1, 0.15) is 12.6 Å². The maximum atomic E-state index is 13.1. The van der Waals surface area contributed by atoms with E-state index >= 15 is 0 Å². The van der Waals surface area contributed by atoms with Crippen LogP contribution in [0.15, 0.2) is 5.16 Å². The third-order valence-electron chi connectivity index (χ3n) is 6.22. The number of carbonyl (C=O) groups is 4. The largest absolute Gasteiger partial charge is 0.481 e. The second-order valence-corrected chi connectivity index (χ2v) is 9.87. The highest BCUT2D eigenvalue weighted by Crippen LogP contribution is 2.27. The van der Waals surface area contributed by atoms with E-state index in [1.54, 1.807) is 0 Å². The number of hydrogen-bond acceptors (Lipinski definition) is 8. The van der Waals surface area contributed by atoms with Gasteiger partial charge in [0, 0.05) is 25.9 Å². The summed E-state index contributed by atoms with van der Waals surface area (Å²) in [5.74, 6) is -2.47. The molecule has 0 aromatic rings. The van der Waals surface area contributed by atoms with Gasteiger partial charge in [0.15, 0.2) is 5.78 Å². The molecule has 11 nitrogen and oxygen atoms in total. The first-order valence-electron chi connectivity index (χ1n) is 12.5. The van der Waals surface area contributed by atoms with E-state index in [1.165, 1.54) is 13.3 Å². The fourth-order valence-electron chi connectivity index (χ4n) is 4.16. The third kappa shape index (κ3) is 8.88. The summed E-state index contributed by atoms with van der Waals surface area (Å²) in [4.78, 5) is 56.8. The number of carboxylic acid groups (broad SMARTS) is 1. The van der Waals surface area contributed by atoms with Crippen molar-refractivity contribution in [1.29, 1.82) is 0 Å². The lowest BCUT2D eigenvalue weighted by atomic mass is 9.90. The van der Waals surface area contributed by atoms with Gasteiger partial charge in [-0.15, -0.1) is 0 Å². The van der Waals surface area contributed by atoms with E-state index in [0.717, 1.165) is 25.9 Å². The van der Waals surface area contributed by atoms with Crippen molar-refractivity contribution < 1.29 is 33.9 Å². The molecule has 1 fully saturated rings. The molecule has 2 aliphatic heterocycles. The molecule has 3 atom stereocenters. The highest BCUT2D eigenvalue weighted by Gasteiger charge is 2.45. The average molecular weight is 497 g/mol. The second kappa shape index (κ2) is 13.5. The molecule has 2 heterocycles. The zero-order valence-corrected chi connectivity index (χ0v) is 21.3. The highest BCUT2D eigenvalue weighted by atomic mass is 16.7. The van der Waals surface area contributed by atoms with Gasteiger partial charge < -0.3 is 25.3 Å². The van der Waals surface area contributed by atoms with Crippen LogP contribution in [-0.2, 0) is 28.8 Å². The minimum absolute atomic E-state index is 0.0157. The summed E-state index contributed by atoms with van der Waals surface area (Å²) in [6.07, 6.45) is 3.97. The van der Waals surface area contributed by atoms with Crippen LogP contribution in [0.5, 0.6) is 0 Å². The number of oxime groups is 1. The number of Topliss-reactive ketones (excluding diaryl/α,β-unsaturated/α-hetero) is 1. The maximum absolute atomic E-state index is 13.1. The summed E-state index contributed by atoms with van der Waals surface area (Å²) >= 11 is 0. The number of nitrogens with one attached hydrogen (secondary N) is 2. The lowest BCUT2D eigenvalue weighted by molar-refractivity contribution is -0.147. The third-order valence-corrected chi connectivity index (χ3v) is 6.22. The molecular formula is C24H40N4O7. The fraction of sp³-hybridized carbons (Fsp3) is 0.792. The molecular weight excluding hydrogens is 456 g/mol. The number of rotatable bonds is 14. The Balaban J connectivity index is 1.96. The van der Waals surface area contributed by atoms with Crippen molar-refractivity contribution in [2.24, 2.45) is 11.1 Å². The first kappa shape index (κ1) is 28.7. The molecule has 1 unspecified atom stereocenters. The lowest BCUT2D eigenvalue weighted by Crippen LogP contribution is -2.53. The topological polar surface area (TPSA) is 147 Å². The van der Waals surface area contributed by atoms with E-state index in [-0.39, 0.29) is 31.6 Å². The number of nitrogens with zero attached hydrogens (tertiary/aromatic N) is 2. The molecule has 35 heavy (non-hydrogen) atoms. The number of piperidine rings is 1. The number of ether oxygens (including phenoxy) is 1. The van der Waals surface area contributed by atoms with Gasteiger partial charge in [0.25, 0.3) is 5.91 Å². The first-order chi connectivity index (χ1) is 16.6. The van der Waals surface area contributed by atoms with Gasteiger partial charge >= 0.3 is 5.97 Å². The van der Waals surface area contributed by atoms with Crippen LogP contribution in [0.2, 0.25) is 0 Å². The molecule has 0 aliphatic carbocycles. The molecule has 0 spiro atoms. The molecule has 0 bridgehead atoms. The summed E-state index contributed by atoms with van der Waals surface area (Å²) in [7, 11) is 0. The van der Waals surface area contributed by atoms with E-state index < -0.39 is 41.8 Å². The molecule has 0 radical (unpaired) electrons. The van der Waals surface area contributed by atoms with Gasteiger partial charge in [-0.05, 0) is 32.1 Å². The minimum Gasteiger partial charge on any atom is -0.481 e. The quantitative estimate of drug-likeness (QED) is 0.327. The Kier molecular flexibility index (Phi) is 11.1. The standard InChI is InChI=1S/C24H40N4O7/c1-5-9-20(30)26-22(16(2)3)18-13-24(4,35-27-18)23(33)25-17(12-21(31)32)19(29)14-34-15-28-10-7-6-8-11-28/h16-17,22H,5-15H2,1-4H3,(H,25,33)(H,26,30)(H,31,32)/t17-,22-,24?/m0/s1. The summed E-state index contributed by atoms with van der Waals surface area (Å²) in [5, 5.41) is 18.8. The van der Waals surface area contributed by atoms with Crippen LogP contribution in [0.4, 0.5) is 0 Å². The predicted molar refractivity (Wildman–Crippen MR) is 129 cm³/mol. The van der Waals surface area contributed by atoms with Crippen molar-refractivity contribution in [3.63, 3.8) is 0 Å². The van der Waals surface area contributed by atoms with E-state index in [2.05, 4.69) is 20.7 Å². The van der Waals surface area contributed by atoms with Gasteiger partial charge in [0.05, 0.1) is 24.9 Å². The van der Waals surface area contributed by atoms with Gasteiger partial charge in [-0.1, -0.05) is 32.3 Å². The summed E-state index contributed by atoms with van der Waals surface area (Å²) in [6.45, 7) is 9.09. The lowest BCUT2D eigenvalue weighted by Gasteiger charge is -2.27. The molecule has 2 aliphatic rings. The number of hydrogen-bond donors (Lipinski definition) is 3. The molecule has 0 aromatic carbocycles. The van der Waals surface area contributed by atoms with Gasteiger partial charge in [-0.3, -0.25) is 24.1 Å². The number of amides is 2. The number of carbonyl (C=O) groups excluding carboxylic acids is 3. The van der Waals surface area contributed by atoms with Gasteiger partial charge in [0.2, 0.25) is 11.5 Å². The van der Waals surface area contributed by atoms with Crippen molar-refractivity contribution in [2.75, 3.05) is 26.4 Å². The Labute approximate surface area is 206 Å². The normalized spacial score (nSPS) is 22.1. The van der Waals surface area contributed by atoms with Crippen LogP contribution in [0.3, 0.4) is 0 Å². The number of likely N-dealkylation sites (tertiary alicyclic amines) is 1. The summed E-state index contributed by atoms with van der Waals surface area (Å²) < 4.78 is 5.50. The smallest absolute Gasteiger partial charge is 0.305 e. The zero-order valence-electron chi connectivity index (χ0n) is 21.3. The van der Waals surface area contributed by atoms with Crippen molar-refractivity contribution in [3.05, 3.63) is 0 Å². The van der Waals surface area contributed by atoms with E-state index in [4.69, 9.17) is 9.57 Å². The van der Waals surface area contributed by atoms with Crippen LogP contribution in [0, 0.1) is 5.92 Å². The maximum Gasteiger partial charge on any atom is 0.305 e. The highest BCUT2D eigenvalue weighted by molar-refractivity contribution is 6.01. The Hall–Kier alpha value is -2.53. The molecule has 0 saturated carbocycles. The molecule has 11 heteroatoms. The second-order valence-electron chi connectivity index (χ2n) is 9.87. The molecule has 1 saturated heterocycles. The summed E-state index contributed by atoms with van der Waals surface area (Å²) in [6, 6.07) is -1.65. The van der Waals surface area contributed by atoms with Crippen molar-refractivity contribution in [1.82, 2.24) is 15.5 Å². The van der Waals surface area contributed by atoms with Gasteiger partial charge in [-0.25, -0.2) is 0 Å². The average Bonchev–Trinajstić information content (AvgIpc) is 3.20. The van der Waals surface area contributed by atoms with Crippen LogP contribution in [-0.4, -0.2) is 83.4 Å². The van der Waals surface area contributed by atoms with Crippen LogP contribution < -0.4 is 10.6 Å². The van der Waals surface area contributed by atoms with Crippen molar-refractivity contribution >= 4 is 29.3 Å². The van der Waals surface area contributed by atoms with E-state index in [1.807, 2.05) is 20.8 Å². The number of aliphatic carboxylic acids is 1. The van der Waals surface area contributed by atoms with Crippen molar-refractivity contribution in [2.45, 2.75) is 90.3 Å². The fourth-order valence-corrected chi connectivity index (χ4v) is 4.16. The Morgan fingerprint density at radius 1 is 1.17 bits per heavy atom. The van der Waals surface area contributed by atoms with E-state index in [0.29, 0.717) is 18.6 Å². The molecule has 2 amide bonds. The number of ketones is 1. The van der Waals surface area contributed by atoms with Crippen LogP contribution in [0.1, 0.15) is 72.6 Å². The van der Waals surface area contributed by atoms with Crippen molar-refractivity contribution in [3.8, 4) is 0 Å². The van der Waals surface area contributed by atoms with Crippen LogP contribution in [0.25, 0.3) is 0 Å². The van der Waals surface area contributed by atoms with Crippen LogP contribution >= 0.6 is 0 Å². The van der Waals surface area contributed by atoms with Gasteiger partial charge in [-0.2, -0.15) is 0 Å². The molecule has 3 N–H and O–H groups in total. The molecule has 198 valence electrons. The Morgan fingerprint density at radius 2 is 1.86 bits per heavy atom. The first-order valence-corrected chi connectivity index (χ1v) is 12.5. The monoisotopic (exact) mass is 496 g/mol. The molecule has 0 aromatic heterocycles. The Bertz CT molecular complexity index is 795. The SMILES string of the molecule is CCCC(=O)N[C@H](C1=NOC(C)(C(=O)N[C@@H](CC(=O)O)C(=O)COCN2CCCCC2)C1)C(C)C. The minimum atomic E-state index is -1.43. The number of carboxylic acids is 1. The Morgan fingerprint density at radius 3 is 2.46 bits per heavy atom. The summed E-state index contributed by atoms with van der Waals surface area (Å²) in [5.41, 5.74) is -0.906. The van der Waals surface area contributed by atoms with E-state index in [9.17, 15) is 24.3 Å².